The van der Waals surface area contributed by atoms with Gasteiger partial charge in [0.05, 0.1) is 0 Å². The maximum atomic E-state index is 12.7. The molecule has 2 aromatic rings. The van der Waals surface area contributed by atoms with Crippen molar-refractivity contribution in [2.24, 2.45) is 0 Å². The van der Waals surface area contributed by atoms with Gasteiger partial charge in [-0.3, -0.25) is 9.69 Å². The smallest absolute Gasteiger partial charge is 0.247 e. The summed E-state index contributed by atoms with van der Waals surface area (Å²) in [6.07, 6.45) is 3.99. The minimum Gasteiger partial charge on any atom is -0.486 e. The van der Waals surface area contributed by atoms with Crippen molar-refractivity contribution in [3.63, 3.8) is 0 Å². The fourth-order valence-electron chi connectivity index (χ4n) is 4.57. The number of para-hydroxylation sites is 2. The summed E-state index contributed by atoms with van der Waals surface area (Å²) in [4.78, 5) is 17.1. The standard InChI is InChI=1S/C24H26N2O3/c27-24-13-19(18-7-2-1-3-8-18)14-26(24)20-9-6-12-25(15-20)16-21-17-28-22-10-4-5-11-23(22)29-21/h1-5,7-8,10-11,13,20-21H,6,9,12,14-17H2/t20-,21-/m0/s1. The van der Waals surface area contributed by atoms with E-state index in [4.69, 9.17) is 9.47 Å². The van der Waals surface area contributed by atoms with Crippen molar-refractivity contribution < 1.29 is 14.3 Å². The molecule has 0 aromatic heterocycles. The third kappa shape index (κ3) is 3.87. The zero-order valence-corrected chi connectivity index (χ0v) is 16.5. The number of fused-ring (bicyclic) bond motifs is 1. The lowest BCUT2D eigenvalue weighted by Gasteiger charge is -2.39. The molecule has 0 spiro atoms. The molecule has 0 aliphatic carbocycles. The number of carbonyl (C=O) groups is 1. The van der Waals surface area contributed by atoms with Crippen LogP contribution in [0.4, 0.5) is 0 Å². The number of piperidine rings is 1. The fourth-order valence-corrected chi connectivity index (χ4v) is 4.57. The summed E-state index contributed by atoms with van der Waals surface area (Å²) in [5.41, 5.74) is 2.26. The van der Waals surface area contributed by atoms with Crippen molar-refractivity contribution in [1.29, 1.82) is 0 Å². The predicted octanol–water partition coefficient (Wildman–Crippen LogP) is 3.22. The lowest BCUT2D eigenvalue weighted by Crippen LogP contribution is -2.51. The molecule has 5 nitrogen and oxygen atoms in total. The number of carbonyl (C=O) groups excluding carboxylic acids is 1. The molecular formula is C24H26N2O3. The van der Waals surface area contributed by atoms with Crippen LogP contribution >= 0.6 is 0 Å². The van der Waals surface area contributed by atoms with Crippen LogP contribution in [0.15, 0.2) is 60.7 Å². The summed E-state index contributed by atoms with van der Waals surface area (Å²) in [5.74, 6) is 1.79. The van der Waals surface area contributed by atoms with Gasteiger partial charge < -0.3 is 14.4 Å². The highest BCUT2D eigenvalue weighted by Crippen LogP contribution is 2.32. The van der Waals surface area contributed by atoms with Crippen molar-refractivity contribution in [3.05, 3.63) is 66.2 Å². The Labute approximate surface area is 171 Å². The first kappa shape index (κ1) is 18.3. The zero-order valence-electron chi connectivity index (χ0n) is 16.5. The zero-order chi connectivity index (χ0) is 19.6. The molecule has 29 heavy (non-hydrogen) atoms. The van der Waals surface area contributed by atoms with Gasteiger partial charge in [0.1, 0.15) is 12.7 Å². The molecule has 1 saturated heterocycles. The van der Waals surface area contributed by atoms with E-state index in [2.05, 4.69) is 17.0 Å². The number of rotatable bonds is 4. The first-order chi connectivity index (χ1) is 14.3. The van der Waals surface area contributed by atoms with Gasteiger partial charge in [-0.15, -0.1) is 0 Å². The van der Waals surface area contributed by atoms with Gasteiger partial charge in [0, 0.05) is 31.8 Å². The third-order valence-electron chi connectivity index (χ3n) is 6.02. The highest BCUT2D eigenvalue weighted by atomic mass is 16.6. The summed E-state index contributed by atoms with van der Waals surface area (Å²) >= 11 is 0. The summed E-state index contributed by atoms with van der Waals surface area (Å²) in [7, 11) is 0. The van der Waals surface area contributed by atoms with Crippen LogP contribution in [0.5, 0.6) is 11.5 Å². The molecule has 2 atom stereocenters. The predicted molar refractivity (Wildman–Crippen MR) is 112 cm³/mol. The van der Waals surface area contributed by atoms with Gasteiger partial charge >= 0.3 is 0 Å². The van der Waals surface area contributed by atoms with Crippen molar-refractivity contribution in [3.8, 4) is 11.5 Å². The van der Waals surface area contributed by atoms with E-state index < -0.39 is 0 Å². The minimum atomic E-state index is 0.0240. The van der Waals surface area contributed by atoms with E-state index in [-0.39, 0.29) is 18.1 Å². The highest BCUT2D eigenvalue weighted by molar-refractivity contribution is 6.00. The Morgan fingerprint density at radius 2 is 1.79 bits per heavy atom. The molecule has 2 aromatic carbocycles. The van der Waals surface area contributed by atoms with E-state index in [0.29, 0.717) is 13.2 Å². The Balaban J connectivity index is 1.20. The Hall–Kier alpha value is -2.79. The van der Waals surface area contributed by atoms with E-state index in [9.17, 15) is 4.79 Å². The van der Waals surface area contributed by atoms with E-state index >= 15 is 0 Å². The number of benzene rings is 2. The lowest BCUT2D eigenvalue weighted by atomic mass is 10.0. The minimum absolute atomic E-state index is 0.0240. The van der Waals surface area contributed by atoms with E-state index in [1.165, 1.54) is 0 Å². The molecule has 3 aliphatic rings. The average molecular weight is 390 g/mol. The molecule has 0 bridgehead atoms. The SMILES string of the molecule is O=C1C=C(c2ccccc2)CN1[C@H]1CCCN(C[C@H]2COc3ccccc3O2)C1. The molecule has 3 heterocycles. The van der Waals surface area contributed by atoms with Gasteiger partial charge in [-0.2, -0.15) is 0 Å². The van der Waals surface area contributed by atoms with Crippen LogP contribution in [-0.4, -0.2) is 60.6 Å². The van der Waals surface area contributed by atoms with Gasteiger partial charge in [0.2, 0.25) is 5.91 Å². The van der Waals surface area contributed by atoms with Crippen LogP contribution in [0, 0.1) is 0 Å². The topological polar surface area (TPSA) is 42.0 Å². The molecule has 1 amide bonds. The Morgan fingerprint density at radius 1 is 1.00 bits per heavy atom. The molecule has 150 valence electrons. The Morgan fingerprint density at radius 3 is 2.66 bits per heavy atom. The van der Waals surface area contributed by atoms with Gasteiger partial charge in [0.15, 0.2) is 11.5 Å². The number of ether oxygens (including phenoxy) is 2. The van der Waals surface area contributed by atoms with Gasteiger partial charge in [-0.05, 0) is 42.7 Å². The molecule has 0 radical (unpaired) electrons. The monoisotopic (exact) mass is 390 g/mol. The van der Waals surface area contributed by atoms with Gasteiger partial charge in [-0.1, -0.05) is 42.5 Å². The largest absolute Gasteiger partial charge is 0.486 e. The normalized spacial score (nSPS) is 24.5. The average Bonchev–Trinajstić information content (AvgIpc) is 3.16. The van der Waals surface area contributed by atoms with Gasteiger partial charge in [-0.25, -0.2) is 0 Å². The molecule has 5 rings (SSSR count). The number of hydrogen-bond acceptors (Lipinski definition) is 4. The van der Waals surface area contributed by atoms with E-state index in [0.717, 1.165) is 55.1 Å². The maximum Gasteiger partial charge on any atom is 0.247 e. The summed E-state index contributed by atoms with van der Waals surface area (Å²) in [5, 5.41) is 0. The lowest BCUT2D eigenvalue weighted by molar-refractivity contribution is -0.127. The third-order valence-corrected chi connectivity index (χ3v) is 6.02. The van der Waals surface area contributed by atoms with Crippen molar-refractivity contribution in [2.75, 3.05) is 32.8 Å². The van der Waals surface area contributed by atoms with Crippen LogP contribution in [0.3, 0.4) is 0 Å². The molecule has 0 N–H and O–H groups in total. The number of amides is 1. The highest BCUT2D eigenvalue weighted by Gasteiger charge is 2.33. The first-order valence-electron chi connectivity index (χ1n) is 10.4. The van der Waals surface area contributed by atoms with Crippen LogP contribution in [0.25, 0.3) is 5.57 Å². The Kier molecular flexibility index (Phi) is 4.98. The number of likely N-dealkylation sites (tertiary alicyclic amines) is 1. The quantitative estimate of drug-likeness (QED) is 0.804. The molecule has 5 heteroatoms. The van der Waals surface area contributed by atoms with E-state index in [1.54, 1.807) is 0 Å². The van der Waals surface area contributed by atoms with Crippen LogP contribution in [0.2, 0.25) is 0 Å². The molecular weight excluding hydrogens is 364 g/mol. The van der Waals surface area contributed by atoms with Crippen molar-refractivity contribution in [1.82, 2.24) is 9.80 Å². The van der Waals surface area contributed by atoms with Crippen LogP contribution in [0.1, 0.15) is 18.4 Å². The first-order valence-corrected chi connectivity index (χ1v) is 10.4. The van der Waals surface area contributed by atoms with Crippen molar-refractivity contribution >= 4 is 11.5 Å². The summed E-state index contributed by atoms with van der Waals surface area (Å²) in [6, 6.07) is 18.3. The summed E-state index contributed by atoms with van der Waals surface area (Å²) in [6.45, 7) is 4.03. The second-order valence-electron chi connectivity index (χ2n) is 8.05. The molecule has 0 saturated carbocycles. The molecule has 1 fully saturated rings. The number of hydrogen-bond donors (Lipinski definition) is 0. The fraction of sp³-hybridized carbons (Fsp3) is 0.375. The molecule has 0 unspecified atom stereocenters. The summed E-state index contributed by atoms with van der Waals surface area (Å²) < 4.78 is 12.0. The van der Waals surface area contributed by atoms with Crippen LogP contribution < -0.4 is 9.47 Å². The number of nitrogens with zero attached hydrogens (tertiary/aromatic N) is 2. The van der Waals surface area contributed by atoms with Gasteiger partial charge in [0.25, 0.3) is 0 Å². The second-order valence-corrected chi connectivity index (χ2v) is 8.05. The maximum absolute atomic E-state index is 12.7. The Bertz CT molecular complexity index is 911. The van der Waals surface area contributed by atoms with E-state index in [1.807, 2.05) is 53.4 Å². The molecule has 3 aliphatic heterocycles. The second kappa shape index (κ2) is 7.91. The van der Waals surface area contributed by atoms with Crippen molar-refractivity contribution in [2.45, 2.75) is 25.0 Å². The van der Waals surface area contributed by atoms with Crippen LogP contribution in [-0.2, 0) is 4.79 Å².